The molecule has 0 aliphatic carbocycles. The minimum atomic E-state index is -3.98. The van der Waals surface area contributed by atoms with Gasteiger partial charge in [0.2, 0.25) is 0 Å². The second kappa shape index (κ2) is 11.2. The van der Waals surface area contributed by atoms with Crippen LogP contribution in [-0.2, 0) is 21.4 Å². The minimum absolute atomic E-state index is 0.133. The van der Waals surface area contributed by atoms with Crippen molar-refractivity contribution < 1.29 is 17.7 Å². The maximum absolute atomic E-state index is 13.6. The van der Waals surface area contributed by atoms with Gasteiger partial charge in [0.15, 0.2) is 11.5 Å². The van der Waals surface area contributed by atoms with E-state index in [4.69, 9.17) is 9.26 Å². The van der Waals surface area contributed by atoms with Gasteiger partial charge in [-0.1, -0.05) is 41.6 Å². The number of aromatic nitrogens is 4. The van der Waals surface area contributed by atoms with Crippen LogP contribution in [-0.4, -0.2) is 41.8 Å². The van der Waals surface area contributed by atoms with Gasteiger partial charge < -0.3 is 14.6 Å². The largest absolute Gasteiger partial charge is 0.377 e. The SMILES string of the molecule is CCOCc1cc(C(NC)c2cc(C)nc3ccnn23)ccc1-c1ccccc1S(=O)(=O)Nc1noc(C)c1C. The number of aryl methyl sites for hydroxylation is 2. The number of ether oxygens (including phenoxy) is 1. The lowest BCUT2D eigenvalue weighted by Crippen LogP contribution is -2.22. The van der Waals surface area contributed by atoms with Crippen LogP contribution in [0, 0.1) is 20.8 Å². The van der Waals surface area contributed by atoms with Crippen LogP contribution in [0.15, 0.2) is 70.2 Å². The number of sulfonamides is 1. The molecule has 208 valence electrons. The quantitative estimate of drug-likeness (QED) is 0.246. The smallest absolute Gasteiger partial charge is 0.263 e. The zero-order chi connectivity index (χ0) is 28.4. The highest BCUT2D eigenvalue weighted by atomic mass is 32.2. The van der Waals surface area contributed by atoms with Crippen LogP contribution in [0.25, 0.3) is 16.8 Å². The summed E-state index contributed by atoms with van der Waals surface area (Å²) < 4.78 is 42.5. The summed E-state index contributed by atoms with van der Waals surface area (Å²) in [4.78, 5) is 4.70. The number of hydrogen-bond donors (Lipinski definition) is 2. The van der Waals surface area contributed by atoms with Gasteiger partial charge >= 0.3 is 0 Å². The summed E-state index contributed by atoms with van der Waals surface area (Å²) in [5.74, 6) is 0.725. The summed E-state index contributed by atoms with van der Waals surface area (Å²) in [7, 11) is -2.08. The molecule has 0 saturated carbocycles. The highest BCUT2D eigenvalue weighted by Crippen LogP contribution is 2.34. The molecule has 2 aromatic carbocycles. The van der Waals surface area contributed by atoms with E-state index in [9.17, 15) is 8.42 Å². The van der Waals surface area contributed by atoms with Gasteiger partial charge in [-0.2, -0.15) is 5.10 Å². The molecular formula is C29H32N6O4S. The predicted molar refractivity (Wildman–Crippen MR) is 153 cm³/mol. The van der Waals surface area contributed by atoms with Gasteiger partial charge in [0.1, 0.15) is 5.76 Å². The van der Waals surface area contributed by atoms with Gasteiger partial charge in [-0.3, -0.25) is 4.72 Å². The van der Waals surface area contributed by atoms with E-state index < -0.39 is 10.0 Å². The van der Waals surface area contributed by atoms with Gasteiger partial charge in [-0.15, -0.1) is 0 Å². The van der Waals surface area contributed by atoms with Crippen molar-refractivity contribution in [3.63, 3.8) is 0 Å². The summed E-state index contributed by atoms with van der Waals surface area (Å²) in [6.45, 7) is 8.21. The number of nitrogens with one attached hydrogen (secondary N) is 2. The second-order valence-corrected chi connectivity index (χ2v) is 11.2. The fourth-order valence-electron chi connectivity index (χ4n) is 4.77. The first-order chi connectivity index (χ1) is 19.2. The van der Waals surface area contributed by atoms with Gasteiger partial charge in [0.25, 0.3) is 10.0 Å². The first kappa shape index (κ1) is 27.5. The third-order valence-corrected chi connectivity index (χ3v) is 8.28. The van der Waals surface area contributed by atoms with E-state index >= 15 is 0 Å². The Bertz CT molecular complexity index is 1780. The summed E-state index contributed by atoms with van der Waals surface area (Å²) in [6, 6.07) is 16.6. The Balaban J connectivity index is 1.60. The van der Waals surface area contributed by atoms with Crippen molar-refractivity contribution in [3.05, 3.63) is 94.6 Å². The highest BCUT2D eigenvalue weighted by molar-refractivity contribution is 7.92. The number of nitrogens with zero attached hydrogens (tertiary/aromatic N) is 4. The van der Waals surface area contributed by atoms with Crippen LogP contribution >= 0.6 is 0 Å². The Morgan fingerprint density at radius 2 is 1.85 bits per heavy atom. The zero-order valence-corrected chi connectivity index (χ0v) is 23.9. The molecule has 3 heterocycles. The lowest BCUT2D eigenvalue weighted by atomic mass is 9.94. The van der Waals surface area contributed by atoms with Crippen molar-refractivity contribution in [3.8, 4) is 11.1 Å². The number of hydrogen-bond acceptors (Lipinski definition) is 8. The van der Waals surface area contributed by atoms with E-state index in [-0.39, 0.29) is 16.8 Å². The molecule has 3 aromatic heterocycles. The molecule has 5 rings (SSSR count). The number of benzene rings is 2. The maximum Gasteiger partial charge on any atom is 0.263 e. The van der Waals surface area contributed by atoms with Crippen molar-refractivity contribution >= 4 is 21.5 Å². The summed E-state index contributed by atoms with van der Waals surface area (Å²) in [6.07, 6.45) is 1.73. The molecule has 0 aliphatic rings. The first-order valence-corrected chi connectivity index (χ1v) is 14.5. The second-order valence-electron chi connectivity index (χ2n) is 9.51. The van der Waals surface area contributed by atoms with Crippen LogP contribution in [0.1, 0.15) is 46.8 Å². The number of rotatable bonds is 10. The van der Waals surface area contributed by atoms with Crippen LogP contribution in [0.2, 0.25) is 0 Å². The van der Waals surface area contributed by atoms with Crippen LogP contribution < -0.4 is 10.0 Å². The Hall–Kier alpha value is -4.06. The third kappa shape index (κ3) is 5.23. The standard InChI is InChI=1S/C29H32N6O4S/c1-6-38-17-22-16-21(28(30-5)25-15-18(2)32-27-13-14-31-35(25)27)11-12-23(22)24-9-7-8-10-26(24)40(36,37)34-29-19(3)20(4)39-33-29/h7-16,28,30H,6,17H2,1-5H3,(H,33,34). The molecule has 10 nitrogen and oxygen atoms in total. The van der Waals surface area contributed by atoms with E-state index in [1.807, 2.05) is 55.7 Å². The number of anilines is 1. The molecule has 0 radical (unpaired) electrons. The highest BCUT2D eigenvalue weighted by Gasteiger charge is 2.25. The van der Waals surface area contributed by atoms with Crippen molar-refractivity contribution in [1.29, 1.82) is 0 Å². The van der Waals surface area contributed by atoms with E-state index in [1.54, 1.807) is 38.2 Å². The summed E-state index contributed by atoms with van der Waals surface area (Å²) in [5.41, 5.74) is 6.40. The van der Waals surface area contributed by atoms with Gasteiger partial charge in [-0.05, 0) is 63.6 Å². The van der Waals surface area contributed by atoms with Crippen molar-refractivity contribution in [1.82, 2.24) is 25.1 Å². The summed E-state index contributed by atoms with van der Waals surface area (Å²) >= 11 is 0. The molecule has 0 bridgehead atoms. The van der Waals surface area contributed by atoms with Crippen LogP contribution in [0.4, 0.5) is 5.82 Å². The predicted octanol–water partition coefficient (Wildman–Crippen LogP) is 4.96. The lowest BCUT2D eigenvalue weighted by molar-refractivity contribution is 0.134. The van der Waals surface area contributed by atoms with Crippen LogP contribution in [0.5, 0.6) is 0 Å². The summed E-state index contributed by atoms with van der Waals surface area (Å²) in [5, 5.41) is 11.8. The maximum atomic E-state index is 13.6. The lowest BCUT2D eigenvalue weighted by Gasteiger charge is -2.21. The zero-order valence-electron chi connectivity index (χ0n) is 23.1. The Kier molecular flexibility index (Phi) is 7.70. The molecule has 40 heavy (non-hydrogen) atoms. The molecule has 0 fully saturated rings. The van der Waals surface area contributed by atoms with Crippen LogP contribution in [0.3, 0.4) is 0 Å². The topological polar surface area (TPSA) is 124 Å². The average Bonchev–Trinajstić information content (AvgIpc) is 3.54. The number of fused-ring (bicyclic) bond motifs is 1. The molecule has 11 heteroatoms. The first-order valence-electron chi connectivity index (χ1n) is 13.0. The molecule has 0 saturated heterocycles. The monoisotopic (exact) mass is 560 g/mol. The van der Waals surface area contributed by atoms with Gasteiger partial charge in [0, 0.05) is 29.5 Å². The van der Waals surface area contributed by atoms with Crippen molar-refractivity contribution in [2.24, 2.45) is 0 Å². The molecule has 1 atom stereocenters. The normalized spacial score (nSPS) is 12.6. The molecule has 0 amide bonds. The molecular weight excluding hydrogens is 528 g/mol. The molecule has 0 spiro atoms. The van der Waals surface area contributed by atoms with Gasteiger partial charge in [-0.25, -0.2) is 17.9 Å². The van der Waals surface area contributed by atoms with E-state index in [1.165, 1.54) is 0 Å². The minimum Gasteiger partial charge on any atom is -0.377 e. The average molecular weight is 561 g/mol. The Morgan fingerprint density at radius 3 is 2.58 bits per heavy atom. The molecule has 0 aliphatic heterocycles. The van der Waals surface area contributed by atoms with Gasteiger partial charge in [0.05, 0.1) is 29.4 Å². The van der Waals surface area contributed by atoms with E-state index in [2.05, 4.69) is 31.3 Å². The van der Waals surface area contributed by atoms with E-state index in [0.717, 1.165) is 33.7 Å². The Morgan fingerprint density at radius 1 is 1.05 bits per heavy atom. The molecule has 1 unspecified atom stereocenters. The third-order valence-electron chi connectivity index (χ3n) is 6.88. The Labute approximate surface area is 233 Å². The van der Waals surface area contributed by atoms with E-state index in [0.29, 0.717) is 30.1 Å². The fraction of sp³-hybridized carbons (Fsp3) is 0.276. The van der Waals surface area contributed by atoms with Crippen molar-refractivity contribution in [2.45, 2.75) is 45.2 Å². The molecule has 2 N–H and O–H groups in total. The fourth-order valence-corrected chi connectivity index (χ4v) is 6.05. The molecule has 5 aromatic rings. The van der Waals surface area contributed by atoms with Crippen molar-refractivity contribution in [2.75, 3.05) is 18.4 Å².